The van der Waals surface area contributed by atoms with Gasteiger partial charge in [0.15, 0.2) is 0 Å². The van der Waals surface area contributed by atoms with Gasteiger partial charge in [0, 0.05) is 18.7 Å². The molecule has 3 heterocycles. The minimum atomic E-state index is -0.630. The van der Waals surface area contributed by atoms with Gasteiger partial charge in [0.25, 0.3) is 0 Å². The van der Waals surface area contributed by atoms with Crippen molar-refractivity contribution in [2.75, 3.05) is 19.6 Å². The number of piperidine rings is 1. The van der Waals surface area contributed by atoms with E-state index >= 15 is 0 Å². The van der Waals surface area contributed by atoms with E-state index in [9.17, 15) is 9.59 Å². The summed E-state index contributed by atoms with van der Waals surface area (Å²) in [6, 6.07) is 5.59. The zero-order valence-corrected chi connectivity index (χ0v) is 15.9. The zero-order valence-electron chi connectivity index (χ0n) is 15.9. The maximum Gasteiger partial charge on any atom is 0.309 e. The first kappa shape index (κ1) is 19.2. The Balaban J connectivity index is 1.34. The lowest BCUT2D eigenvalue weighted by Gasteiger charge is -2.31. The molecule has 0 saturated carbocycles. The maximum atomic E-state index is 11.9. The Hall–Kier alpha value is -2.54. The van der Waals surface area contributed by atoms with Crippen LogP contribution in [-0.4, -0.2) is 36.3 Å². The molecule has 0 unspecified atom stereocenters. The SMILES string of the molecule is Cc1cc(CN2CCC(CNC(=O)C(=O)NCc3ccco3)CC2)c(C)o1. The minimum Gasteiger partial charge on any atom is -0.467 e. The highest BCUT2D eigenvalue weighted by atomic mass is 16.3. The van der Waals surface area contributed by atoms with Crippen molar-refractivity contribution in [3.8, 4) is 0 Å². The summed E-state index contributed by atoms with van der Waals surface area (Å²) in [5.41, 5.74) is 1.24. The van der Waals surface area contributed by atoms with Crippen LogP contribution in [0.25, 0.3) is 0 Å². The topological polar surface area (TPSA) is 87.7 Å². The molecule has 27 heavy (non-hydrogen) atoms. The summed E-state index contributed by atoms with van der Waals surface area (Å²) in [4.78, 5) is 26.1. The Morgan fingerprint density at radius 2 is 1.93 bits per heavy atom. The summed E-state index contributed by atoms with van der Waals surface area (Å²) >= 11 is 0. The zero-order chi connectivity index (χ0) is 19.2. The Morgan fingerprint density at radius 1 is 1.19 bits per heavy atom. The second-order valence-corrected chi connectivity index (χ2v) is 7.13. The van der Waals surface area contributed by atoms with Gasteiger partial charge in [-0.2, -0.15) is 0 Å². The highest BCUT2D eigenvalue weighted by molar-refractivity contribution is 6.35. The molecule has 1 aliphatic heterocycles. The van der Waals surface area contributed by atoms with Crippen molar-refractivity contribution < 1.29 is 18.4 Å². The smallest absolute Gasteiger partial charge is 0.309 e. The molecule has 2 aromatic rings. The van der Waals surface area contributed by atoms with Gasteiger partial charge < -0.3 is 19.5 Å². The second kappa shape index (κ2) is 8.90. The molecule has 2 N–H and O–H groups in total. The Kier molecular flexibility index (Phi) is 6.34. The van der Waals surface area contributed by atoms with Gasteiger partial charge in [-0.05, 0) is 63.9 Å². The van der Waals surface area contributed by atoms with E-state index in [0.29, 0.717) is 18.2 Å². The molecule has 2 amide bonds. The van der Waals surface area contributed by atoms with Gasteiger partial charge >= 0.3 is 11.8 Å². The van der Waals surface area contributed by atoms with Crippen LogP contribution in [0.4, 0.5) is 0 Å². The van der Waals surface area contributed by atoms with Gasteiger partial charge in [-0.15, -0.1) is 0 Å². The van der Waals surface area contributed by atoms with Crippen molar-refractivity contribution >= 4 is 11.8 Å². The molecule has 2 aromatic heterocycles. The number of likely N-dealkylation sites (tertiary alicyclic amines) is 1. The van der Waals surface area contributed by atoms with Crippen molar-refractivity contribution in [3.05, 3.63) is 47.3 Å². The van der Waals surface area contributed by atoms with Crippen LogP contribution in [0.5, 0.6) is 0 Å². The van der Waals surface area contributed by atoms with Crippen LogP contribution in [-0.2, 0) is 22.7 Å². The number of aryl methyl sites for hydroxylation is 2. The first-order valence-corrected chi connectivity index (χ1v) is 9.38. The minimum absolute atomic E-state index is 0.213. The molecule has 0 spiro atoms. The molecule has 0 aliphatic carbocycles. The number of amides is 2. The van der Waals surface area contributed by atoms with Gasteiger partial charge in [-0.3, -0.25) is 14.5 Å². The van der Waals surface area contributed by atoms with Crippen molar-refractivity contribution in [1.29, 1.82) is 0 Å². The summed E-state index contributed by atoms with van der Waals surface area (Å²) in [5.74, 6) is 1.73. The number of hydrogen-bond acceptors (Lipinski definition) is 5. The third-order valence-corrected chi connectivity index (χ3v) is 5.01. The first-order valence-electron chi connectivity index (χ1n) is 9.38. The fourth-order valence-corrected chi connectivity index (χ4v) is 3.41. The van der Waals surface area contributed by atoms with Crippen LogP contribution in [0.3, 0.4) is 0 Å². The summed E-state index contributed by atoms with van der Waals surface area (Å²) in [6.45, 7) is 7.58. The number of carbonyl (C=O) groups excluding carboxylic acids is 2. The quantitative estimate of drug-likeness (QED) is 0.758. The van der Waals surface area contributed by atoms with Crippen LogP contribution in [0.1, 0.15) is 35.7 Å². The molecule has 1 aliphatic rings. The molecule has 0 aromatic carbocycles. The summed E-state index contributed by atoms with van der Waals surface area (Å²) < 4.78 is 10.7. The Bertz CT molecular complexity index is 758. The van der Waals surface area contributed by atoms with E-state index in [1.807, 2.05) is 13.8 Å². The normalized spacial score (nSPS) is 15.6. The van der Waals surface area contributed by atoms with E-state index in [2.05, 4.69) is 21.6 Å². The van der Waals surface area contributed by atoms with Crippen LogP contribution in [0.15, 0.2) is 33.3 Å². The Labute approximate surface area is 159 Å². The van der Waals surface area contributed by atoms with E-state index in [1.165, 1.54) is 11.8 Å². The van der Waals surface area contributed by atoms with Gasteiger partial charge in [0.1, 0.15) is 17.3 Å². The number of hydrogen-bond donors (Lipinski definition) is 2. The lowest BCUT2D eigenvalue weighted by molar-refractivity contribution is -0.139. The molecule has 0 bridgehead atoms. The molecule has 1 fully saturated rings. The molecule has 7 nitrogen and oxygen atoms in total. The standard InChI is InChI=1S/C20H27N3O4/c1-14-10-17(15(2)27-14)13-23-7-5-16(6-8-23)11-21-19(24)20(25)22-12-18-4-3-9-26-18/h3-4,9-10,16H,5-8,11-13H2,1-2H3,(H,21,24)(H,22,25). The number of rotatable bonds is 6. The molecular weight excluding hydrogens is 346 g/mol. The monoisotopic (exact) mass is 373 g/mol. The van der Waals surface area contributed by atoms with Gasteiger partial charge in [-0.25, -0.2) is 0 Å². The van der Waals surface area contributed by atoms with E-state index in [4.69, 9.17) is 8.83 Å². The number of nitrogens with one attached hydrogen (secondary N) is 2. The molecule has 0 atom stereocenters. The van der Waals surface area contributed by atoms with Crippen molar-refractivity contribution in [3.63, 3.8) is 0 Å². The van der Waals surface area contributed by atoms with Crippen molar-refractivity contribution in [2.24, 2.45) is 5.92 Å². The lowest BCUT2D eigenvalue weighted by atomic mass is 9.96. The van der Waals surface area contributed by atoms with Gasteiger partial charge in [-0.1, -0.05) is 0 Å². The van der Waals surface area contributed by atoms with Crippen LogP contribution in [0.2, 0.25) is 0 Å². The van der Waals surface area contributed by atoms with Crippen LogP contribution in [0, 0.1) is 19.8 Å². The van der Waals surface area contributed by atoms with Crippen LogP contribution >= 0.6 is 0 Å². The average molecular weight is 373 g/mol. The van der Waals surface area contributed by atoms with Crippen molar-refractivity contribution in [2.45, 2.75) is 39.8 Å². The summed E-state index contributed by atoms with van der Waals surface area (Å²) in [5, 5.41) is 5.30. The fourth-order valence-electron chi connectivity index (χ4n) is 3.41. The predicted octanol–water partition coefficient (Wildman–Crippen LogP) is 2.13. The molecule has 0 radical (unpaired) electrons. The molecule has 1 saturated heterocycles. The van der Waals surface area contributed by atoms with Gasteiger partial charge in [0.05, 0.1) is 12.8 Å². The largest absolute Gasteiger partial charge is 0.467 e. The number of carbonyl (C=O) groups is 2. The second-order valence-electron chi connectivity index (χ2n) is 7.13. The molecule has 7 heteroatoms. The number of nitrogens with zero attached hydrogens (tertiary/aromatic N) is 1. The lowest BCUT2D eigenvalue weighted by Crippen LogP contribution is -2.43. The first-order chi connectivity index (χ1) is 13.0. The third-order valence-electron chi connectivity index (χ3n) is 5.01. The molecule has 3 rings (SSSR count). The Morgan fingerprint density at radius 3 is 2.56 bits per heavy atom. The highest BCUT2D eigenvalue weighted by Crippen LogP contribution is 2.21. The predicted molar refractivity (Wildman–Crippen MR) is 99.7 cm³/mol. The summed E-state index contributed by atoms with van der Waals surface area (Å²) in [7, 11) is 0. The molecule has 146 valence electrons. The van der Waals surface area contributed by atoms with Crippen molar-refractivity contribution in [1.82, 2.24) is 15.5 Å². The van der Waals surface area contributed by atoms with Crippen LogP contribution < -0.4 is 10.6 Å². The highest BCUT2D eigenvalue weighted by Gasteiger charge is 2.22. The summed E-state index contributed by atoms with van der Waals surface area (Å²) in [6.07, 6.45) is 3.54. The molecular formula is C20H27N3O4. The van der Waals surface area contributed by atoms with E-state index in [0.717, 1.165) is 44.0 Å². The average Bonchev–Trinajstić information content (AvgIpc) is 3.28. The van der Waals surface area contributed by atoms with E-state index < -0.39 is 11.8 Å². The van der Waals surface area contributed by atoms with Gasteiger partial charge in [0.2, 0.25) is 0 Å². The third kappa shape index (κ3) is 5.47. The maximum absolute atomic E-state index is 11.9. The van der Waals surface area contributed by atoms with E-state index in [1.54, 1.807) is 12.1 Å². The number of furan rings is 2. The fraction of sp³-hybridized carbons (Fsp3) is 0.500. The van der Waals surface area contributed by atoms with E-state index in [-0.39, 0.29) is 6.54 Å².